The summed E-state index contributed by atoms with van der Waals surface area (Å²) in [5, 5.41) is 0. The predicted molar refractivity (Wildman–Crippen MR) is 13.0 cm³/mol. The molecule has 0 aliphatic rings. The summed E-state index contributed by atoms with van der Waals surface area (Å²) in [6, 6.07) is 0. The summed E-state index contributed by atoms with van der Waals surface area (Å²) < 4.78 is 0. The summed E-state index contributed by atoms with van der Waals surface area (Å²) in [5.41, 5.74) is 0. The maximum atomic E-state index is 0. The molecule has 0 saturated carbocycles. The van der Waals surface area contributed by atoms with Crippen LogP contribution in [0.2, 0.25) is 0 Å². The zero-order valence-corrected chi connectivity index (χ0v) is 5.22. The summed E-state index contributed by atoms with van der Waals surface area (Å²) >= 11 is 0. The maximum Gasteiger partial charge on any atom is 0 e. The van der Waals surface area contributed by atoms with Gasteiger partial charge in [0.25, 0.3) is 0 Å². The van der Waals surface area contributed by atoms with Gasteiger partial charge in [-0.2, -0.15) is 0 Å². The van der Waals surface area contributed by atoms with Crippen LogP contribution in [0.25, 0.3) is 0 Å². The van der Waals surface area contributed by atoms with Gasteiger partial charge < -0.3 is 11.0 Å². The molecule has 0 spiro atoms. The van der Waals surface area contributed by atoms with Gasteiger partial charge in [0.2, 0.25) is 0 Å². The van der Waals surface area contributed by atoms with E-state index >= 15 is 0 Å². The molecule has 0 aromatic carbocycles. The summed E-state index contributed by atoms with van der Waals surface area (Å²) in [7, 11) is 0. The average molecular weight is 135 g/mol. The molecule has 4 heteroatoms. The fraction of sp³-hybridized carbons (Fsp3) is 0. The van der Waals surface area contributed by atoms with Crippen molar-refractivity contribution in [3.63, 3.8) is 0 Å². The van der Waals surface area contributed by atoms with Crippen LogP contribution in [0.5, 0.6) is 0 Å². The Morgan fingerprint density at radius 1 is 0.750 bits per heavy atom. The van der Waals surface area contributed by atoms with E-state index in [1.165, 1.54) is 0 Å². The van der Waals surface area contributed by atoms with E-state index in [-0.39, 0.29) is 65.2 Å². The van der Waals surface area contributed by atoms with E-state index in [1.807, 2.05) is 0 Å². The summed E-state index contributed by atoms with van der Waals surface area (Å²) in [6.07, 6.45) is 0. The Morgan fingerprint density at radius 2 is 0.750 bits per heavy atom. The third-order valence-corrected chi connectivity index (χ3v) is 0. The normalized spacial score (nSPS) is 0. The molecule has 0 unspecified atom stereocenters. The van der Waals surface area contributed by atoms with E-state index in [9.17, 15) is 0 Å². The monoisotopic (exact) mass is 134 g/mol. The molecular weight excluding hydrogens is 131 g/mol. The molecule has 2 radical (unpaired) electrons. The minimum Gasteiger partial charge on any atom is -0.412 e. The molecule has 0 aliphatic heterocycles. The molecule has 0 amide bonds. The van der Waals surface area contributed by atoms with E-state index in [0.717, 1.165) is 0 Å². The van der Waals surface area contributed by atoms with Crippen molar-refractivity contribution < 1.29 is 27.4 Å². The molecule has 0 fully saturated rings. The van der Waals surface area contributed by atoms with Crippen LogP contribution in [-0.4, -0.2) is 48.7 Å². The third kappa shape index (κ3) is 9.38. The molecule has 2 nitrogen and oxygen atoms in total. The number of hydrogen-bond acceptors (Lipinski definition) is 0. The second kappa shape index (κ2) is 22.5. The van der Waals surface area contributed by atoms with Crippen molar-refractivity contribution in [1.29, 1.82) is 0 Å². The molecule has 4 heavy (non-hydrogen) atoms. The van der Waals surface area contributed by atoms with Crippen LogP contribution < -0.4 is 0 Å². The molecule has 0 bridgehead atoms. The first-order valence-corrected chi connectivity index (χ1v) is 0. The van der Waals surface area contributed by atoms with Crippen LogP contribution in [0.15, 0.2) is 0 Å². The average Bonchev–Trinajstić information content (AvgIpc) is 0. The van der Waals surface area contributed by atoms with Crippen molar-refractivity contribution in [2.45, 2.75) is 0 Å². The van der Waals surface area contributed by atoms with Crippen LogP contribution in [0, 0.1) is 0 Å². The minimum absolute atomic E-state index is 0. The topological polar surface area (TPSA) is 63.0 Å². The van der Waals surface area contributed by atoms with Gasteiger partial charge in [-0.15, -0.1) is 0 Å². The van der Waals surface area contributed by atoms with Gasteiger partial charge in [-0.25, -0.2) is 0 Å². The largest absolute Gasteiger partial charge is 0.412 e. The van der Waals surface area contributed by atoms with E-state index in [2.05, 4.69) is 0 Å². The van der Waals surface area contributed by atoms with Crippen molar-refractivity contribution >= 4 is 37.7 Å². The smallest absolute Gasteiger partial charge is 0 e. The Hall–Kier alpha value is 1.67. The molecule has 0 atom stereocenters. The summed E-state index contributed by atoms with van der Waals surface area (Å²) in [4.78, 5) is 0. The quantitative estimate of drug-likeness (QED) is 0.343. The van der Waals surface area contributed by atoms with Crippen LogP contribution in [0.3, 0.4) is 0 Å². The van der Waals surface area contributed by atoms with Gasteiger partial charge in [0, 0.05) is 54.2 Å². The zero-order valence-electron chi connectivity index (χ0n) is 2.02. The van der Waals surface area contributed by atoms with Crippen LogP contribution in [0.1, 0.15) is 0 Å². The number of hydrogen-bond donors (Lipinski definition) is 0. The van der Waals surface area contributed by atoms with Crippen LogP contribution >= 0.6 is 0 Å². The maximum absolute atomic E-state index is 0. The predicted octanol–water partition coefficient (Wildman–Crippen LogP) is -2.03. The standard InChI is InChI=1S/Ca.Ni.2H2O/h;;2*1H2. The zero-order chi connectivity index (χ0) is 0. The summed E-state index contributed by atoms with van der Waals surface area (Å²) in [6.45, 7) is 0. The van der Waals surface area contributed by atoms with Gasteiger partial charge in [0.05, 0.1) is 0 Å². The van der Waals surface area contributed by atoms with Crippen molar-refractivity contribution in [2.24, 2.45) is 0 Å². The van der Waals surface area contributed by atoms with Crippen molar-refractivity contribution in [1.82, 2.24) is 0 Å². The van der Waals surface area contributed by atoms with E-state index in [0.29, 0.717) is 0 Å². The Labute approximate surface area is 64.5 Å². The van der Waals surface area contributed by atoms with E-state index in [1.54, 1.807) is 0 Å². The van der Waals surface area contributed by atoms with Gasteiger partial charge in [-0.3, -0.25) is 0 Å². The SMILES string of the molecule is O.O.[Ca].[Ni]. The van der Waals surface area contributed by atoms with Gasteiger partial charge in [0.15, 0.2) is 0 Å². The Morgan fingerprint density at radius 3 is 0.750 bits per heavy atom. The fourth-order valence-electron chi connectivity index (χ4n) is 0. The molecule has 0 aliphatic carbocycles. The van der Waals surface area contributed by atoms with Crippen molar-refractivity contribution in [3.05, 3.63) is 0 Å². The second-order valence-electron chi connectivity index (χ2n) is 0. The second-order valence-corrected chi connectivity index (χ2v) is 0. The van der Waals surface area contributed by atoms with Gasteiger partial charge in [0.1, 0.15) is 0 Å². The van der Waals surface area contributed by atoms with Crippen molar-refractivity contribution in [3.8, 4) is 0 Å². The molecule has 0 aromatic heterocycles. The van der Waals surface area contributed by atoms with Gasteiger partial charge in [-0.1, -0.05) is 0 Å². The molecule has 0 rings (SSSR count). The molecule has 0 aromatic rings. The molecule has 0 heterocycles. The minimum atomic E-state index is 0. The van der Waals surface area contributed by atoms with Crippen molar-refractivity contribution in [2.75, 3.05) is 0 Å². The molecular formula is H4CaNiO2. The fourth-order valence-corrected chi connectivity index (χ4v) is 0. The first-order chi connectivity index (χ1) is 0. The first kappa shape index (κ1) is 44.3. The first-order valence-electron chi connectivity index (χ1n) is 0. The Balaban J connectivity index is 0. The van der Waals surface area contributed by atoms with E-state index < -0.39 is 0 Å². The molecule has 0 saturated heterocycles. The summed E-state index contributed by atoms with van der Waals surface area (Å²) in [5.74, 6) is 0. The van der Waals surface area contributed by atoms with E-state index in [4.69, 9.17) is 0 Å². The van der Waals surface area contributed by atoms with Crippen LogP contribution in [0.4, 0.5) is 0 Å². The molecule has 28 valence electrons. The Kier molecular flexibility index (Phi) is 249. The Bertz CT molecular complexity index is 6.00. The third-order valence-electron chi connectivity index (χ3n) is 0. The molecule has 4 N–H and O–H groups in total. The van der Waals surface area contributed by atoms with Gasteiger partial charge >= 0.3 is 0 Å². The van der Waals surface area contributed by atoms with Crippen LogP contribution in [-0.2, 0) is 16.5 Å². The van der Waals surface area contributed by atoms with Gasteiger partial charge in [-0.05, 0) is 0 Å². The number of rotatable bonds is 0.